The Morgan fingerprint density at radius 1 is 1.06 bits per heavy atom. The fraction of sp³-hybridized carbons (Fsp3) is 0.250. The molecule has 7 heteroatoms. The van der Waals surface area contributed by atoms with Gasteiger partial charge in [0.15, 0.2) is 0 Å². The first kappa shape index (κ1) is 22.4. The summed E-state index contributed by atoms with van der Waals surface area (Å²) in [5.74, 6) is 0. The number of aryl methyl sites for hydroxylation is 1. The van der Waals surface area contributed by atoms with Gasteiger partial charge in [-0.05, 0) is 67.4 Å². The topological polar surface area (TPSA) is 40.5 Å². The van der Waals surface area contributed by atoms with Crippen LogP contribution in [0.25, 0.3) is 5.00 Å². The number of likely N-dealkylation sites (N-methyl/N-ethyl adjacent to an activating group) is 1. The van der Waals surface area contributed by atoms with Crippen molar-refractivity contribution in [3.8, 4) is 5.00 Å². The van der Waals surface area contributed by atoms with Gasteiger partial charge < -0.3 is 19.7 Å². The van der Waals surface area contributed by atoms with E-state index in [4.69, 9.17) is 11.6 Å². The molecule has 0 aliphatic carbocycles. The van der Waals surface area contributed by atoms with Gasteiger partial charge in [-0.25, -0.2) is 4.79 Å². The second kappa shape index (κ2) is 8.86. The highest BCUT2D eigenvalue weighted by molar-refractivity contribution is 7.15. The Hall–Kier alpha value is -3.06. The van der Waals surface area contributed by atoms with Gasteiger partial charge in [0.1, 0.15) is 5.00 Å². The van der Waals surface area contributed by atoms with Gasteiger partial charge in [-0.3, -0.25) is 0 Å². The predicted molar refractivity (Wildman–Crippen MR) is 143 cm³/mol. The summed E-state index contributed by atoms with van der Waals surface area (Å²) in [5, 5.41) is 5.09. The quantitative estimate of drug-likeness (QED) is 0.334. The minimum Gasteiger partial charge on any atom is -0.310 e. The van der Waals surface area contributed by atoms with E-state index in [-0.39, 0.29) is 12.1 Å². The number of thiophene rings is 1. The van der Waals surface area contributed by atoms with Crippen LogP contribution in [0.5, 0.6) is 0 Å². The van der Waals surface area contributed by atoms with Crippen LogP contribution in [0.15, 0.2) is 66.9 Å². The number of rotatable bonds is 2. The van der Waals surface area contributed by atoms with Crippen LogP contribution in [0.1, 0.15) is 38.9 Å². The highest BCUT2D eigenvalue weighted by Crippen LogP contribution is 2.43. The van der Waals surface area contributed by atoms with Crippen molar-refractivity contribution in [3.05, 3.63) is 105 Å². The SMILES string of the molecule is Cc1ccccc1NC(=O)N1Cc2c(sc3c2CCN(C)C3)-n2cccc2[C@H]1c1cccc(Cl)c1. The van der Waals surface area contributed by atoms with Crippen LogP contribution in [-0.4, -0.2) is 34.0 Å². The number of hydrogen-bond acceptors (Lipinski definition) is 3. The zero-order chi connectivity index (χ0) is 24.1. The molecule has 0 unspecified atom stereocenters. The Morgan fingerprint density at radius 3 is 2.74 bits per heavy atom. The number of carbonyl (C=O) groups is 1. The van der Waals surface area contributed by atoms with E-state index >= 15 is 0 Å². The van der Waals surface area contributed by atoms with Gasteiger partial charge in [-0.15, -0.1) is 11.3 Å². The van der Waals surface area contributed by atoms with Crippen molar-refractivity contribution in [1.29, 1.82) is 0 Å². The standard InChI is InChI=1S/C28H27ClN4OS/c1-18-7-3-4-10-23(18)30-28(34)33-16-22-21-12-14-31(2)17-25(21)35-27(22)32-13-6-11-24(32)26(33)19-8-5-9-20(29)15-19/h3-11,13,15,26H,12,14,16-17H2,1-2H3,(H,30,34)/t26-/m1/s1. The molecular weight excluding hydrogens is 476 g/mol. The molecule has 1 N–H and O–H groups in total. The van der Waals surface area contributed by atoms with E-state index in [0.717, 1.165) is 42.0 Å². The van der Waals surface area contributed by atoms with E-state index in [1.54, 1.807) is 0 Å². The number of amides is 2. The van der Waals surface area contributed by atoms with Gasteiger partial charge in [0, 0.05) is 40.4 Å². The lowest BCUT2D eigenvalue weighted by Crippen LogP contribution is -2.38. The average molecular weight is 503 g/mol. The Balaban J connectivity index is 1.51. The molecule has 5 nitrogen and oxygen atoms in total. The zero-order valence-electron chi connectivity index (χ0n) is 19.8. The van der Waals surface area contributed by atoms with Crippen LogP contribution < -0.4 is 5.32 Å². The van der Waals surface area contributed by atoms with Crippen LogP contribution >= 0.6 is 22.9 Å². The number of para-hydroxylation sites is 1. The van der Waals surface area contributed by atoms with Crippen molar-refractivity contribution >= 4 is 34.7 Å². The Morgan fingerprint density at radius 2 is 1.91 bits per heavy atom. The van der Waals surface area contributed by atoms with E-state index in [1.165, 1.54) is 21.0 Å². The molecule has 2 aromatic carbocycles. The fourth-order valence-electron chi connectivity index (χ4n) is 5.28. The summed E-state index contributed by atoms with van der Waals surface area (Å²) in [4.78, 5) is 19.7. The van der Waals surface area contributed by atoms with Crippen LogP contribution in [-0.2, 0) is 19.5 Å². The first-order valence-corrected chi connectivity index (χ1v) is 13.1. The average Bonchev–Trinajstić information content (AvgIpc) is 3.42. The molecule has 0 radical (unpaired) electrons. The van der Waals surface area contributed by atoms with Crippen molar-refractivity contribution in [3.63, 3.8) is 0 Å². The maximum Gasteiger partial charge on any atom is 0.322 e. The number of hydrogen-bond donors (Lipinski definition) is 1. The van der Waals surface area contributed by atoms with Gasteiger partial charge >= 0.3 is 6.03 Å². The summed E-state index contributed by atoms with van der Waals surface area (Å²) in [6.45, 7) is 4.54. The minimum atomic E-state index is -0.269. The number of anilines is 1. The number of benzene rings is 2. The van der Waals surface area contributed by atoms with E-state index in [1.807, 2.05) is 65.6 Å². The molecule has 0 bridgehead atoms. The largest absolute Gasteiger partial charge is 0.322 e. The van der Waals surface area contributed by atoms with E-state index < -0.39 is 0 Å². The van der Waals surface area contributed by atoms with Crippen LogP contribution in [0.2, 0.25) is 5.02 Å². The highest BCUT2D eigenvalue weighted by Gasteiger charge is 2.36. The first-order valence-electron chi connectivity index (χ1n) is 11.9. The summed E-state index contributed by atoms with van der Waals surface area (Å²) in [6, 6.07) is 19.6. The highest BCUT2D eigenvalue weighted by atomic mass is 35.5. The molecule has 2 amide bonds. The summed E-state index contributed by atoms with van der Waals surface area (Å²) >= 11 is 8.29. The van der Waals surface area contributed by atoms with Gasteiger partial charge in [-0.2, -0.15) is 0 Å². The van der Waals surface area contributed by atoms with Crippen LogP contribution in [0.3, 0.4) is 0 Å². The Kier molecular flexibility index (Phi) is 5.67. The first-order chi connectivity index (χ1) is 17.0. The lowest BCUT2D eigenvalue weighted by Gasteiger charge is -2.32. The van der Waals surface area contributed by atoms with Crippen molar-refractivity contribution in [2.24, 2.45) is 0 Å². The Bertz CT molecular complexity index is 1420. The maximum atomic E-state index is 14.0. The summed E-state index contributed by atoms with van der Waals surface area (Å²) in [7, 11) is 2.17. The van der Waals surface area contributed by atoms with Crippen LogP contribution in [0, 0.1) is 6.92 Å². The maximum absolute atomic E-state index is 14.0. The normalized spacial score (nSPS) is 17.3. The number of nitrogens with one attached hydrogen (secondary N) is 1. The molecular formula is C28H27ClN4OS. The van der Waals surface area contributed by atoms with Crippen molar-refractivity contribution < 1.29 is 4.79 Å². The lowest BCUT2D eigenvalue weighted by molar-refractivity contribution is 0.194. The summed E-state index contributed by atoms with van der Waals surface area (Å²) in [5.41, 5.74) is 6.60. The second-order valence-corrected chi connectivity index (χ2v) is 10.9. The van der Waals surface area contributed by atoms with E-state index in [2.05, 4.69) is 46.2 Å². The van der Waals surface area contributed by atoms with Gasteiger partial charge in [0.05, 0.1) is 18.3 Å². The fourth-order valence-corrected chi connectivity index (χ4v) is 6.92. The molecule has 6 rings (SSSR count). The number of halogens is 1. The van der Waals surface area contributed by atoms with Crippen LogP contribution in [0.4, 0.5) is 10.5 Å². The Labute approximate surface area is 214 Å². The number of nitrogens with zero attached hydrogens (tertiary/aromatic N) is 3. The summed E-state index contributed by atoms with van der Waals surface area (Å²) < 4.78 is 2.28. The number of fused-ring (bicyclic) bond motifs is 5. The molecule has 4 aromatic rings. The monoisotopic (exact) mass is 502 g/mol. The zero-order valence-corrected chi connectivity index (χ0v) is 21.4. The smallest absolute Gasteiger partial charge is 0.310 e. The molecule has 35 heavy (non-hydrogen) atoms. The molecule has 2 aliphatic heterocycles. The van der Waals surface area contributed by atoms with Crippen molar-refractivity contribution in [2.45, 2.75) is 32.5 Å². The van der Waals surface area contributed by atoms with Crippen molar-refractivity contribution in [1.82, 2.24) is 14.4 Å². The number of urea groups is 1. The molecule has 178 valence electrons. The predicted octanol–water partition coefficient (Wildman–Crippen LogP) is 6.63. The van der Waals surface area contributed by atoms with Gasteiger partial charge in [0.2, 0.25) is 0 Å². The molecule has 2 aromatic heterocycles. The minimum absolute atomic E-state index is 0.113. The van der Waals surface area contributed by atoms with E-state index in [9.17, 15) is 4.79 Å². The molecule has 0 fully saturated rings. The van der Waals surface area contributed by atoms with E-state index in [0.29, 0.717) is 11.6 Å². The molecule has 2 aliphatic rings. The molecule has 1 atom stereocenters. The van der Waals surface area contributed by atoms with Gasteiger partial charge in [-0.1, -0.05) is 41.9 Å². The number of aromatic nitrogens is 1. The molecule has 0 saturated carbocycles. The summed E-state index contributed by atoms with van der Waals surface area (Å²) in [6.07, 6.45) is 3.13. The number of carbonyl (C=O) groups excluding carboxylic acids is 1. The third kappa shape index (κ3) is 3.96. The van der Waals surface area contributed by atoms with Gasteiger partial charge in [0.25, 0.3) is 0 Å². The lowest BCUT2D eigenvalue weighted by atomic mass is 10.0. The molecule has 4 heterocycles. The molecule has 0 saturated heterocycles. The third-order valence-electron chi connectivity index (χ3n) is 7.07. The second-order valence-electron chi connectivity index (χ2n) is 9.41. The molecule has 0 spiro atoms. The van der Waals surface area contributed by atoms with Crippen molar-refractivity contribution in [2.75, 3.05) is 18.9 Å². The third-order valence-corrected chi connectivity index (χ3v) is 8.56.